The quantitative estimate of drug-likeness (QED) is 0.625. The number of thioether (sulfide) groups is 1. The number of aromatic nitrogens is 2. The fraction of sp³-hybridized carbons (Fsp3) is 0.500. The summed E-state index contributed by atoms with van der Waals surface area (Å²) >= 11 is 7.36. The van der Waals surface area contributed by atoms with Crippen molar-refractivity contribution in [3.05, 3.63) is 57.7 Å². The Morgan fingerprint density at radius 2 is 1.91 bits per heavy atom. The molecule has 0 radical (unpaired) electrons. The molecule has 178 valence electrons. The number of halogens is 5. The first kappa shape index (κ1) is 23.2. The third kappa shape index (κ3) is 4.10. The van der Waals surface area contributed by atoms with Crippen LogP contribution in [0.15, 0.2) is 34.8 Å². The zero-order chi connectivity index (χ0) is 23.4. The molecule has 0 saturated carbocycles. The van der Waals surface area contributed by atoms with Crippen molar-refractivity contribution in [1.29, 1.82) is 0 Å². The molecule has 5 nitrogen and oxygen atoms in total. The molecule has 0 bridgehead atoms. The van der Waals surface area contributed by atoms with Gasteiger partial charge >= 0.3 is 0 Å². The van der Waals surface area contributed by atoms with Gasteiger partial charge in [-0.25, -0.2) is 22.2 Å². The predicted molar refractivity (Wildman–Crippen MR) is 116 cm³/mol. The zero-order valence-electron chi connectivity index (χ0n) is 17.5. The SMILES string of the molecule is OCc1nn(-c2c(F)cccc2F)cc1CN1CCC2(CC1)OCC(F)(F)C1C=C(Cl)SC12. The number of hydrogen-bond donors (Lipinski definition) is 1. The van der Waals surface area contributed by atoms with Gasteiger partial charge in [0.05, 0.1) is 33.4 Å². The molecule has 11 heteroatoms. The fourth-order valence-electron chi connectivity index (χ4n) is 4.95. The van der Waals surface area contributed by atoms with Gasteiger partial charge in [-0.3, -0.25) is 4.90 Å². The number of ether oxygens (including phenoxy) is 1. The van der Waals surface area contributed by atoms with Gasteiger partial charge in [0, 0.05) is 31.4 Å². The molecule has 1 aromatic heterocycles. The third-order valence-corrected chi connectivity index (χ3v) is 8.46. The smallest absolute Gasteiger partial charge is 0.278 e. The molecule has 2 aromatic rings. The Bertz CT molecular complexity index is 1070. The van der Waals surface area contributed by atoms with Crippen LogP contribution in [0.3, 0.4) is 0 Å². The van der Waals surface area contributed by atoms with Crippen LogP contribution < -0.4 is 0 Å². The maximum Gasteiger partial charge on any atom is 0.278 e. The summed E-state index contributed by atoms with van der Waals surface area (Å²) in [5.74, 6) is -5.39. The van der Waals surface area contributed by atoms with Gasteiger partial charge in [0.1, 0.15) is 12.3 Å². The summed E-state index contributed by atoms with van der Waals surface area (Å²) in [4.78, 5) is 2.10. The zero-order valence-corrected chi connectivity index (χ0v) is 19.1. The van der Waals surface area contributed by atoms with Crippen molar-refractivity contribution in [3.8, 4) is 5.69 Å². The van der Waals surface area contributed by atoms with Gasteiger partial charge in [0.2, 0.25) is 0 Å². The monoisotopic (exact) mass is 503 g/mol. The number of aliphatic hydroxyl groups excluding tert-OH is 1. The first-order valence-corrected chi connectivity index (χ1v) is 11.9. The Morgan fingerprint density at radius 3 is 2.58 bits per heavy atom. The number of nitrogens with zero attached hydrogens (tertiary/aromatic N) is 3. The van der Waals surface area contributed by atoms with Crippen LogP contribution in [0.4, 0.5) is 17.6 Å². The van der Waals surface area contributed by atoms with Crippen LogP contribution in [0.25, 0.3) is 5.69 Å². The van der Waals surface area contributed by atoms with E-state index in [1.807, 2.05) is 0 Å². The number of alkyl halides is 2. The summed E-state index contributed by atoms with van der Waals surface area (Å²) in [6.07, 6.45) is 4.08. The molecule has 4 heterocycles. The summed E-state index contributed by atoms with van der Waals surface area (Å²) in [5, 5.41) is 13.5. The lowest BCUT2D eigenvalue weighted by Crippen LogP contribution is -2.61. The van der Waals surface area contributed by atoms with E-state index in [4.69, 9.17) is 16.3 Å². The van der Waals surface area contributed by atoms with E-state index in [0.717, 1.165) is 16.8 Å². The molecular weight excluding hydrogens is 482 g/mol. The minimum atomic E-state index is -2.94. The van der Waals surface area contributed by atoms with E-state index in [2.05, 4.69) is 10.00 Å². The first-order chi connectivity index (χ1) is 15.7. The Hall–Kier alpha value is -1.59. The second-order valence-corrected chi connectivity index (χ2v) is 10.5. The van der Waals surface area contributed by atoms with Gasteiger partial charge in [-0.05, 0) is 31.1 Å². The van der Waals surface area contributed by atoms with E-state index in [0.29, 0.717) is 48.1 Å². The molecular formula is C22H22ClF4N3O2S. The van der Waals surface area contributed by atoms with Crippen molar-refractivity contribution < 1.29 is 27.4 Å². The van der Waals surface area contributed by atoms with E-state index < -0.39 is 40.9 Å². The minimum absolute atomic E-state index is 0.304. The van der Waals surface area contributed by atoms with Crippen LogP contribution in [0.1, 0.15) is 24.1 Å². The van der Waals surface area contributed by atoms with E-state index in [-0.39, 0.29) is 12.3 Å². The number of rotatable bonds is 4. The van der Waals surface area contributed by atoms with Crippen molar-refractivity contribution in [2.45, 2.75) is 42.8 Å². The van der Waals surface area contributed by atoms with E-state index in [9.17, 15) is 22.7 Å². The number of fused-ring (bicyclic) bond motifs is 2. The summed E-state index contributed by atoms with van der Waals surface area (Å²) in [5.41, 5.74) is -0.0128. The highest BCUT2D eigenvalue weighted by molar-refractivity contribution is 8.05. The van der Waals surface area contributed by atoms with Crippen molar-refractivity contribution in [1.82, 2.24) is 14.7 Å². The molecule has 1 aromatic carbocycles. The fourth-order valence-corrected chi connectivity index (χ4v) is 6.79. The number of benzene rings is 1. The summed E-state index contributed by atoms with van der Waals surface area (Å²) in [6, 6.07) is 3.56. The number of allylic oxidation sites excluding steroid dienone is 1. The van der Waals surface area contributed by atoms with Crippen LogP contribution in [0, 0.1) is 17.6 Å². The highest BCUT2D eigenvalue weighted by Crippen LogP contribution is 2.56. The third-order valence-electron chi connectivity index (χ3n) is 6.72. The Morgan fingerprint density at radius 1 is 1.21 bits per heavy atom. The van der Waals surface area contributed by atoms with Crippen LogP contribution in [0.2, 0.25) is 0 Å². The Balaban J connectivity index is 1.31. The molecule has 1 N–H and O–H groups in total. The molecule has 2 saturated heterocycles. The van der Waals surface area contributed by atoms with Crippen LogP contribution in [-0.4, -0.2) is 56.3 Å². The lowest BCUT2D eigenvalue weighted by molar-refractivity contribution is -0.215. The van der Waals surface area contributed by atoms with Gasteiger partial charge in [-0.2, -0.15) is 5.10 Å². The average molecular weight is 504 g/mol. The second-order valence-electron chi connectivity index (χ2n) is 8.70. The van der Waals surface area contributed by atoms with E-state index >= 15 is 0 Å². The first-order valence-electron chi connectivity index (χ1n) is 10.6. The average Bonchev–Trinajstić information content (AvgIpc) is 3.37. The second kappa shape index (κ2) is 8.57. The summed E-state index contributed by atoms with van der Waals surface area (Å²) < 4.78 is 64.4. The maximum absolute atomic E-state index is 14.4. The van der Waals surface area contributed by atoms with Crippen molar-refractivity contribution >= 4 is 23.4 Å². The number of piperidine rings is 1. The number of hydrogen-bond acceptors (Lipinski definition) is 5. The Kier molecular flexibility index (Phi) is 6.01. The molecule has 2 unspecified atom stereocenters. The molecule has 3 aliphatic heterocycles. The summed E-state index contributed by atoms with van der Waals surface area (Å²) in [6.45, 7) is 0.566. The normalized spacial score (nSPS) is 26.4. The van der Waals surface area contributed by atoms with Gasteiger partial charge in [-0.1, -0.05) is 17.7 Å². The highest BCUT2D eigenvalue weighted by atomic mass is 35.5. The molecule has 1 spiro atoms. The van der Waals surface area contributed by atoms with Crippen molar-refractivity contribution in [2.24, 2.45) is 5.92 Å². The highest BCUT2D eigenvalue weighted by Gasteiger charge is 2.60. The molecule has 3 aliphatic rings. The Labute approximate surface area is 197 Å². The predicted octanol–water partition coefficient (Wildman–Crippen LogP) is 4.45. The standard InChI is InChI=1S/C22H22ClF4N3O2S/c23-18-8-14-20(33-18)21(32-12-22(14,26)27)4-6-29(7-5-21)9-13-10-30(28-17(13)11-31)19-15(24)2-1-3-16(19)25/h1-3,8,10,14,20,31H,4-7,9,11-12H2. The number of para-hydroxylation sites is 1. The van der Waals surface area contributed by atoms with Gasteiger partial charge in [-0.15, -0.1) is 11.8 Å². The van der Waals surface area contributed by atoms with Crippen LogP contribution in [0.5, 0.6) is 0 Å². The lowest BCUT2D eigenvalue weighted by Gasteiger charge is -2.51. The van der Waals surface area contributed by atoms with E-state index in [1.54, 1.807) is 0 Å². The van der Waals surface area contributed by atoms with Crippen LogP contribution >= 0.6 is 23.4 Å². The maximum atomic E-state index is 14.4. The van der Waals surface area contributed by atoms with Crippen molar-refractivity contribution in [2.75, 3.05) is 19.7 Å². The minimum Gasteiger partial charge on any atom is -0.390 e. The molecule has 2 fully saturated rings. The molecule has 0 aliphatic carbocycles. The van der Waals surface area contributed by atoms with Gasteiger partial charge in [0.15, 0.2) is 11.6 Å². The molecule has 5 rings (SSSR count). The number of likely N-dealkylation sites (tertiary alicyclic amines) is 1. The van der Waals surface area contributed by atoms with Gasteiger partial charge in [0.25, 0.3) is 5.92 Å². The van der Waals surface area contributed by atoms with Gasteiger partial charge < -0.3 is 9.84 Å². The molecule has 2 atom stereocenters. The largest absolute Gasteiger partial charge is 0.390 e. The van der Waals surface area contributed by atoms with E-state index in [1.165, 1.54) is 30.1 Å². The van der Waals surface area contributed by atoms with Crippen LogP contribution in [-0.2, 0) is 17.9 Å². The summed E-state index contributed by atoms with van der Waals surface area (Å²) in [7, 11) is 0. The topological polar surface area (TPSA) is 50.5 Å². The lowest BCUT2D eigenvalue weighted by atomic mass is 9.77. The van der Waals surface area contributed by atoms with Crippen molar-refractivity contribution in [3.63, 3.8) is 0 Å². The molecule has 0 amide bonds. The number of aliphatic hydroxyl groups is 1. The molecule has 33 heavy (non-hydrogen) atoms.